The van der Waals surface area contributed by atoms with E-state index in [-0.39, 0.29) is 11.5 Å². The number of nitrogens with zero attached hydrogens (tertiary/aromatic N) is 2. The van der Waals surface area contributed by atoms with Crippen molar-refractivity contribution in [3.63, 3.8) is 0 Å². The summed E-state index contributed by atoms with van der Waals surface area (Å²) < 4.78 is 0.806. The molecular weight excluding hydrogens is 284 g/mol. The highest BCUT2D eigenvalue weighted by Crippen LogP contribution is 2.30. The fraction of sp³-hybridized carbons (Fsp3) is 0.125. The smallest absolute Gasteiger partial charge is 0.197 e. The van der Waals surface area contributed by atoms with E-state index in [0.29, 0.717) is 16.6 Å². The number of carbonyl (C=O) groups excluding carboxylic acids is 1. The normalized spacial score (nSPS) is 10.8. The number of ketones is 1. The Morgan fingerprint density at radius 1 is 1.19 bits per heavy atom. The molecule has 1 aromatic heterocycles. The molecule has 0 saturated carbocycles. The van der Waals surface area contributed by atoms with Crippen LogP contribution in [0.15, 0.2) is 41.9 Å². The van der Waals surface area contributed by atoms with E-state index in [1.54, 1.807) is 17.6 Å². The molecule has 5 heteroatoms. The predicted octanol–water partition coefficient (Wildman–Crippen LogP) is 3.30. The van der Waals surface area contributed by atoms with Crippen LogP contribution in [0, 0.1) is 0 Å². The van der Waals surface area contributed by atoms with Crippen molar-refractivity contribution in [1.29, 1.82) is 0 Å². The summed E-state index contributed by atoms with van der Waals surface area (Å²) in [4.78, 5) is 19.0. The molecule has 3 aromatic rings. The number of benzene rings is 2. The third kappa shape index (κ3) is 2.36. The lowest BCUT2D eigenvalue weighted by Crippen LogP contribution is -2.14. The molecule has 21 heavy (non-hydrogen) atoms. The number of rotatable bonds is 3. The molecular formula is C16H14N2O2S. The van der Waals surface area contributed by atoms with Crippen molar-refractivity contribution in [3.8, 4) is 5.75 Å². The molecule has 1 N–H and O–H groups in total. The number of fused-ring (bicyclic) bond motifs is 1. The second-order valence-electron chi connectivity index (χ2n) is 4.93. The van der Waals surface area contributed by atoms with Gasteiger partial charge in [0, 0.05) is 25.3 Å². The molecule has 0 radical (unpaired) electrons. The van der Waals surface area contributed by atoms with Gasteiger partial charge in [0.25, 0.3) is 0 Å². The number of hydrogen-bond acceptors (Lipinski definition) is 5. The molecule has 0 amide bonds. The minimum Gasteiger partial charge on any atom is -0.508 e. The maximum Gasteiger partial charge on any atom is 0.197 e. The van der Waals surface area contributed by atoms with Crippen LogP contribution < -0.4 is 4.90 Å². The fourth-order valence-electron chi connectivity index (χ4n) is 2.33. The number of para-hydroxylation sites is 1. The first-order valence-corrected chi connectivity index (χ1v) is 7.33. The topological polar surface area (TPSA) is 53.4 Å². The summed E-state index contributed by atoms with van der Waals surface area (Å²) in [5.74, 6) is -0.0523. The van der Waals surface area contributed by atoms with E-state index in [9.17, 15) is 9.90 Å². The first-order valence-electron chi connectivity index (χ1n) is 6.45. The van der Waals surface area contributed by atoms with Crippen molar-refractivity contribution in [2.45, 2.75) is 0 Å². The van der Waals surface area contributed by atoms with Crippen molar-refractivity contribution >= 4 is 33.0 Å². The molecule has 1 heterocycles. The van der Waals surface area contributed by atoms with E-state index < -0.39 is 0 Å². The number of anilines is 1. The Morgan fingerprint density at radius 3 is 2.71 bits per heavy atom. The van der Waals surface area contributed by atoms with E-state index >= 15 is 0 Å². The summed E-state index contributed by atoms with van der Waals surface area (Å²) in [6.45, 7) is 0. The predicted molar refractivity (Wildman–Crippen MR) is 85.5 cm³/mol. The zero-order valence-electron chi connectivity index (χ0n) is 11.7. The number of aromatic nitrogens is 1. The maximum absolute atomic E-state index is 12.9. The number of thiazole rings is 1. The van der Waals surface area contributed by atoms with Crippen molar-refractivity contribution in [3.05, 3.63) is 53.0 Å². The van der Waals surface area contributed by atoms with Gasteiger partial charge in [0.05, 0.1) is 21.3 Å². The largest absolute Gasteiger partial charge is 0.508 e. The SMILES string of the molecule is CN(C)c1ccccc1C(=O)c1cc(O)cc2scnc12. The summed E-state index contributed by atoms with van der Waals surface area (Å²) in [7, 11) is 3.79. The first kappa shape index (κ1) is 13.6. The average Bonchev–Trinajstić information content (AvgIpc) is 2.93. The summed E-state index contributed by atoms with van der Waals surface area (Å²) in [6.07, 6.45) is 0. The molecule has 3 rings (SSSR count). The average molecular weight is 298 g/mol. The van der Waals surface area contributed by atoms with Crippen LogP contribution >= 0.6 is 11.3 Å². The van der Waals surface area contributed by atoms with Gasteiger partial charge in [-0.05, 0) is 24.3 Å². The van der Waals surface area contributed by atoms with Gasteiger partial charge in [0.15, 0.2) is 5.78 Å². The molecule has 0 fully saturated rings. The Bertz CT molecular complexity index is 824. The Morgan fingerprint density at radius 2 is 1.95 bits per heavy atom. The minimum absolute atomic E-state index is 0.0810. The van der Waals surface area contributed by atoms with Gasteiger partial charge in [-0.25, -0.2) is 4.98 Å². The van der Waals surface area contributed by atoms with Crippen molar-refractivity contribution in [2.75, 3.05) is 19.0 Å². The fourth-order valence-corrected chi connectivity index (χ4v) is 3.06. The monoisotopic (exact) mass is 298 g/mol. The molecule has 0 aliphatic rings. The number of hydrogen-bond donors (Lipinski definition) is 1. The third-order valence-corrected chi connectivity index (χ3v) is 4.07. The van der Waals surface area contributed by atoms with Crippen LogP contribution in [0.4, 0.5) is 5.69 Å². The van der Waals surface area contributed by atoms with Crippen LogP contribution in [0.3, 0.4) is 0 Å². The Labute approximate surface area is 126 Å². The highest BCUT2D eigenvalue weighted by atomic mass is 32.1. The Hall–Kier alpha value is -2.40. The minimum atomic E-state index is -0.133. The van der Waals surface area contributed by atoms with Crippen LogP contribution in [0.2, 0.25) is 0 Å². The van der Waals surface area contributed by atoms with Gasteiger partial charge >= 0.3 is 0 Å². The Kier molecular flexibility index (Phi) is 3.35. The highest BCUT2D eigenvalue weighted by Gasteiger charge is 2.19. The van der Waals surface area contributed by atoms with Crippen molar-refractivity contribution in [2.24, 2.45) is 0 Å². The first-order chi connectivity index (χ1) is 10.1. The van der Waals surface area contributed by atoms with Gasteiger partial charge in [-0.1, -0.05) is 12.1 Å². The van der Waals surface area contributed by atoms with Crippen LogP contribution in [-0.2, 0) is 0 Å². The van der Waals surface area contributed by atoms with Crippen molar-refractivity contribution in [1.82, 2.24) is 4.98 Å². The number of phenols is 1. The number of aromatic hydroxyl groups is 1. The number of phenolic OH excluding ortho intramolecular Hbond substituents is 1. The second kappa shape index (κ2) is 5.18. The standard InChI is InChI=1S/C16H14N2O2S/c1-18(2)13-6-4-3-5-11(13)16(20)12-7-10(19)8-14-15(12)17-9-21-14/h3-9,19H,1-2H3. The van der Waals surface area contributed by atoms with E-state index in [1.807, 2.05) is 37.2 Å². The zero-order valence-corrected chi connectivity index (χ0v) is 12.5. The van der Waals surface area contributed by atoms with Crippen molar-refractivity contribution < 1.29 is 9.90 Å². The molecule has 0 spiro atoms. The van der Waals surface area contributed by atoms with Gasteiger partial charge in [0.1, 0.15) is 5.75 Å². The lowest BCUT2D eigenvalue weighted by Gasteiger charge is -2.16. The summed E-state index contributed by atoms with van der Waals surface area (Å²) in [5, 5.41) is 9.82. The second-order valence-corrected chi connectivity index (χ2v) is 5.82. The summed E-state index contributed by atoms with van der Waals surface area (Å²) in [6, 6.07) is 10.5. The molecule has 0 atom stereocenters. The highest BCUT2D eigenvalue weighted by molar-refractivity contribution is 7.16. The number of carbonyl (C=O) groups is 1. The lowest BCUT2D eigenvalue weighted by atomic mass is 10.00. The molecule has 0 saturated heterocycles. The van der Waals surface area contributed by atoms with Gasteiger partial charge in [-0.2, -0.15) is 0 Å². The van der Waals surface area contributed by atoms with Crippen LogP contribution in [0.25, 0.3) is 10.2 Å². The van der Waals surface area contributed by atoms with E-state index in [4.69, 9.17) is 0 Å². The third-order valence-electron chi connectivity index (χ3n) is 3.30. The van der Waals surface area contributed by atoms with Crippen LogP contribution in [-0.4, -0.2) is 30.0 Å². The zero-order chi connectivity index (χ0) is 15.0. The van der Waals surface area contributed by atoms with Gasteiger partial charge in [-0.3, -0.25) is 4.79 Å². The van der Waals surface area contributed by atoms with E-state index in [0.717, 1.165) is 10.4 Å². The molecule has 4 nitrogen and oxygen atoms in total. The summed E-state index contributed by atoms with van der Waals surface area (Å²) >= 11 is 1.40. The molecule has 106 valence electrons. The lowest BCUT2D eigenvalue weighted by molar-refractivity contribution is 0.104. The molecule has 0 bridgehead atoms. The molecule has 0 aliphatic heterocycles. The Balaban J connectivity index is 2.20. The van der Waals surface area contributed by atoms with Gasteiger partial charge in [0.2, 0.25) is 0 Å². The van der Waals surface area contributed by atoms with E-state index in [2.05, 4.69) is 4.98 Å². The summed E-state index contributed by atoms with van der Waals surface area (Å²) in [5.41, 5.74) is 4.19. The molecule has 2 aromatic carbocycles. The quantitative estimate of drug-likeness (QED) is 0.754. The van der Waals surface area contributed by atoms with Gasteiger partial charge < -0.3 is 10.0 Å². The van der Waals surface area contributed by atoms with Crippen LogP contribution in [0.1, 0.15) is 15.9 Å². The molecule has 0 unspecified atom stereocenters. The van der Waals surface area contributed by atoms with E-state index in [1.165, 1.54) is 17.4 Å². The molecule has 0 aliphatic carbocycles. The maximum atomic E-state index is 12.9. The van der Waals surface area contributed by atoms with Crippen LogP contribution in [0.5, 0.6) is 5.75 Å². The van der Waals surface area contributed by atoms with Gasteiger partial charge in [-0.15, -0.1) is 11.3 Å².